The predicted molar refractivity (Wildman–Crippen MR) is 143 cm³/mol. The fourth-order valence-corrected chi connectivity index (χ4v) is 5.42. The molecule has 0 aromatic rings. The third-order valence-electron chi connectivity index (χ3n) is 7.14. The zero-order chi connectivity index (χ0) is 25.8. The largest absolute Gasteiger partial charge is 0.748 e. The van der Waals surface area contributed by atoms with E-state index in [0.717, 1.165) is 5.92 Å². The van der Waals surface area contributed by atoms with E-state index in [2.05, 4.69) is 13.8 Å². The fourth-order valence-electron chi connectivity index (χ4n) is 4.95. The highest BCUT2D eigenvalue weighted by molar-refractivity contribution is 7.85. The molecule has 0 spiro atoms. The van der Waals surface area contributed by atoms with Crippen LogP contribution in [0.5, 0.6) is 0 Å². The molecule has 0 aromatic heterocycles. The minimum Gasteiger partial charge on any atom is -0.748 e. The van der Waals surface area contributed by atoms with E-state index >= 15 is 0 Å². The minimum absolute atomic E-state index is 0.198. The van der Waals surface area contributed by atoms with Crippen LogP contribution in [-0.4, -0.2) is 50.9 Å². The van der Waals surface area contributed by atoms with Gasteiger partial charge in [-0.15, -0.1) is 0 Å². The SMILES string of the molecule is CCCCCCCCCC(CCCCCCCC)CC1COC(C)(COCCCS(=O)(=O)[O-])OC1. The maximum absolute atomic E-state index is 10.7. The summed E-state index contributed by atoms with van der Waals surface area (Å²) in [6.07, 6.45) is 21.6. The summed E-state index contributed by atoms with van der Waals surface area (Å²) in [5, 5.41) is 0. The van der Waals surface area contributed by atoms with Gasteiger partial charge in [0, 0.05) is 18.3 Å². The lowest BCUT2D eigenvalue weighted by Crippen LogP contribution is -2.45. The fraction of sp³-hybridized carbons (Fsp3) is 1.00. The molecule has 6 nitrogen and oxygen atoms in total. The molecule has 1 heterocycles. The molecule has 7 heteroatoms. The lowest BCUT2D eigenvalue weighted by atomic mass is 9.86. The van der Waals surface area contributed by atoms with E-state index in [1.807, 2.05) is 6.92 Å². The number of unbranched alkanes of at least 4 members (excludes halogenated alkanes) is 11. The van der Waals surface area contributed by atoms with Gasteiger partial charge >= 0.3 is 0 Å². The third-order valence-corrected chi connectivity index (χ3v) is 7.93. The Bertz CT molecular complexity index is 586. The molecule has 0 aromatic carbocycles. The normalized spacial score (nSPS) is 21.9. The monoisotopic (exact) mass is 519 g/mol. The lowest BCUT2D eigenvalue weighted by molar-refractivity contribution is -0.292. The van der Waals surface area contributed by atoms with Crippen molar-refractivity contribution in [2.75, 3.05) is 32.2 Å². The van der Waals surface area contributed by atoms with Gasteiger partial charge in [-0.1, -0.05) is 110 Å². The lowest BCUT2D eigenvalue weighted by Gasteiger charge is -2.38. The van der Waals surface area contributed by atoms with Crippen molar-refractivity contribution in [3.05, 3.63) is 0 Å². The molecule has 0 N–H and O–H groups in total. The van der Waals surface area contributed by atoms with E-state index in [-0.39, 0.29) is 19.6 Å². The smallest absolute Gasteiger partial charge is 0.188 e. The molecule has 1 saturated heterocycles. The van der Waals surface area contributed by atoms with Gasteiger partial charge in [0.15, 0.2) is 5.79 Å². The molecule has 0 saturated carbocycles. The quantitative estimate of drug-likeness (QED) is 0.105. The Morgan fingerprint density at radius 1 is 0.829 bits per heavy atom. The van der Waals surface area contributed by atoms with Crippen LogP contribution in [-0.2, 0) is 24.3 Å². The van der Waals surface area contributed by atoms with Crippen LogP contribution >= 0.6 is 0 Å². The minimum atomic E-state index is -4.18. The highest BCUT2D eigenvalue weighted by atomic mass is 32.2. The first kappa shape index (κ1) is 32.8. The van der Waals surface area contributed by atoms with E-state index in [9.17, 15) is 13.0 Å². The van der Waals surface area contributed by atoms with Gasteiger partial charge in [0.25, 0.3) is 0 Å². The third kappa shape index (κ3) is 18.7. The second-order valence-electron chi connectivity index (χ2n) is 10.9. The van der Waals surface area contributed by atoms with Gasteiger partial charge in [-0.3, -0.25) is 0 Å². The van der Waals surface area contributed by atoms with Crippen molar-refractivity contribution in [2.24, 2.45) is 11.8 Å². The average molecular weight is 520 g/mol. The zero-order valence-electron chi connectivity index (χ0n) is 23.1. The van der Waals surface area contributed by atoms with Crippen molar-refractivity contribution in [3.8, 4) is 0 Å². The van der Waals surface area contributed by atoms with E-state index in [4.69, 9.17) is 14.2 Å². The van der Waals surface area contributed by atoms with Gasteiger partial charge in [-0.2, -0.15) is 0 Å². The molecule has 1 rings (SSSR count). The predicted octanol–water partition coefficient (Wildman–Crippen LogP) is 7.22. The highest BCUT2D eigenvalue weighted by Gasteiger charge is 2.34. The summed E-state index contributed by atoms with van der Waals surface area (Å²) in [7, 11) is -4.18. The molecular weight excluding hydrogens is 464 g/mol. The maximum Gasteiger partial charge on any atom is 0.188 e. The van der Waals surface area contributed by atoms with Crippen LogP contribution in [0.25, 0.3) is 0 Å². The molecule has 0 amide bonds. The van der Waals surface area contributed by atoms with E-state index < -0.39 is 21.7 Å². The van der Waals surface area contributed by atoms with Crippen LogP contribution in [0.2, 0.25) is 0 Å². The molecule has 1 unspecified atom stereocenters. The zero-order valence-corrected chi connectivity index (χ0v) is 23.9. The Balaban J connectivity index is 2.33. The van der Waals surface area contributed by atoms with Gasteiger partial charge < -0.3 is 18.8 Å². The van der Waals surface area contributed by atoms with E-state index in [0.29, 0.717) is 19.1 Å². The van der Waals surface area contributed by atoms with Gasteiger partial charge in [-0.25, -0.2) is 8.42 Å². The summed E-state index contributed by atoms with van der Waals surface area (Å²) >= 11 is 0. The molecule has 0 bridgehead atoms. The Morgan fingerprint density at radius 3 is 1.80 bits per heavy atom. The summed E-state index contributed by atoms with van der Waals surface area (Å²) in [4.78, 5) is 0. The van der Waals surface area contributed by atoms with Crippen molar-refractivity contribution < 1.29 is 27.2 Å². The molecule has 0 aliphatic carbocycles. The molecule has 1 aliphatic rings. The van der Waals surface area contributed by atoms with E-state index in [1.54, 1.807) is 0 Å². The van der Waals surface area contributed by atoms with Gasteiger partial charge in [0.1, 0.15) is 6.61 Å². The summed E-state index contributed by atoms with van der Waals surface area (Å²) in [5.74, 6) is -0.0150. The molecule has 1 atom stereocenters. The molecule has 0 radical (unpaired) electrons. The number of hydrogen-bond donors (Lipinski definition) is 0. The standard InChI is InChI=1S/C28H56O6S/c1-4-6-8-10-12-14-16-19-26(18-15-13-11-9-7-5-2)22-27-23-33-28(3,34-24-27)25-32-20-17-21-35(29,30)31/h26-27H,4-25H2,1-3H3,(H,29,30,31)/p-1. The average Bonchev–Trinajstić information content (AvgIpc) is 2.81. The molecule has 210 valence electrons. The molecular formula is C28H55O6S-. The second-order valence-corrected chi connectivity index (χ2v) is 12.4. The maximum atomic E-state index is 10.7. The van der Waals surface area contributed by atoms with Crippen LogP contribution in [0.3, 0.4) is 0 Å². The van der Waals surface area contributed by atoms with Gasteiger partial charge in [0.2, 0.25) is 0 Å². The Hall–Kier alpha value is -0.210. The van der Waals surface area contributed by atoms with Crippen LogP contribution in [0, 0.1) is 11.8 Å². The summed E-state index contributed by atoms with van der Waals surface area (Å²) in [6.45, 7) is 8.24. The molecule has 1 aliphatic heterocycles. The van der Waals surface area contributed by atoms with Gasteiger partial charge in [-0.05, 0) is 25.7 Å². The highest BCUT2D eigenvalue weighted by Crippen LogP contribution is 2.30. The van der Waals surface area contributed by atoms with Crippen LogP contribution in [0.15, 0.2) is 0 Å². The topological polar surface area (TPSA) is 84.9 Å². The van der Waals surface area contributed by atoms with Crippen molar-refractivity contribution in [1.29, 1.82) is 0 Å². The van der Waals surface area contributed by atoms with Gasteiger partial charge in [0.05, 0.1) is 23.3 Å². The first-order valence-corrected chi connectivity index (χ1v) is 16.1. The van der Waals surface area contributed by atoms with Crippen molar-refractivity contribution in [3.63, 3.8) is 0 Å². The van der Waals surface area contributed by atoms with Crippen molar-refractivity contribution >= 4 is 10.1 Å². The number of hydrogen-bond acceptors (Lipinski definition) is 6. The van der Waals surface area contributed by atoms with Crippen LogP contribution in [0.1, 0.15) is 130 Å². The molecule has 35 heavy (non-hydrogen) atoms. The number of rotatable bonds is 23. The Kier molecular flexibility index (Phi) is 18.6. The summed E-state index contributed by atoms with van der Waals surface area (Å²) in [5.41, 5.74) is 0. The first-order chi connectivity index (χ1) is 16.8. The van der Waals surface area contributed by atoms with Crippen molar-refractivity contribution in [1.82, 2.24) is 0 Å². The van der Waals surface area contributed by atoms with Crippen LogP contribution in [0.4, 0.5) is 0 Å². The molecule has 1 fully saturated rings. The van der Waals surface area contributed by atoms with E-state index in [1.165, 1.54) is 103 Å². The van der Waals surface area contributed by atoms with Crippen LogP contribution < -0.4 is 0 Å². The van der Waals surface area contributed by atoms with Crippen molar-refractivity contribution in [2.45, 2.75) is 136 Å². The Morgan fingerprint density at radius 2 is 1.31 bits per heavy atom. The first-order valence-electron chi connectivity index (χ1n) is 14.6. The summed E-state index contributed by atoms with van der Waals surface area (Å²) < 4.78 is 49.7. The second kappa shape index (κ2) is 19.8. The summed E-state index contributed by atoms with van der Waals surface area (Å²) in [6, 6.07) is 0. The Labute approximate surface area is 217 Å². The number of ether oxygens (including phenoxy) is 3.